The Bertz CT molecular complexity index is 903. The quantitative estimate of drug-likeness (QED) is 0.724. The summed E-state index contributed by atoms with van der Waals surface area (Å²) in [6.45, 7) is 1.56. The minimum Gasteiger partial charge on any atom is -0.497 e. The highest BCUT2D eigenvalue weighted by atomic mass is 35.5. The lowest BCUT2D eigenvalue weighted by molar-refractivity contribution is -0.907. The summed E-state index contributed by atoms with van der Waals surface area (Å²) < 4.78 is 10.5. The van der Waals surface area contributed by atoms with Crippen molar-refractivity contribution in [3.05, 3.63) is 75.1 Å². The van der Waals surface area contributed by atoms with Gasteiger partial charge in [0.1, 0.15) is 24.4 Å². The van der Waals surface area contributed by atoms with Crippen molar-refractivity contribution in [3.8, 4) is 5.75 Å². The van der Waals surface area contributed by atoms with Crippen molar-refractivity contribution in [2.45, 2.75) is 13.1 Å². The van der Waals surface area contributed by atoms with Gasteiger partial charge in [-0.25, -0.2) is 4.79 Å². The Labute approximate surface area is 145 Å². The van der Waals surface area contributed by atoms with Gasteiger partial charge in [-0.05, 0) is 24.3 Å². The summed E-state index contributed by atoms with van der Waals surface area (Å²) in [5, 5.41) is 1.67. The Kier molecular flexibility index (Phi) is 4.88. The molecular weight excluding hydrogens is 326 g/mol. The van der Waals surface area contributed by atoms with Crippen molar-refractivity contribution in [2.75, 3.05) is 14.2 Å². The van der Waals surface area contributed by atoms with Crippen LogP contribution < -0.4 is 15.3 Å². The van der Waals surface area contributed by atoms with E-state index in [1.165, 1.54) is 10.5 Å². The molecule has 0 saturated heterocycles. The number of hydrogen-bond acceptors (Lipinski definition) is 3. The van der Waals surface area contributed by atoms with Gasteiger partial charge in [0, 0.05) is 33.7 Å². The summed E-state index contributed by atoms with van der Waals surface area (Å²) in [6.07, 6.45) is 0. The second kappa shape index (κ2) is 7.07. The molecule has 3 aromatic rings. The molecule has 124 valence electrons. The molecule has 0 bridgehead atoms. The number of benzene rings is 2. The summed E-state index contributed by atoms with van der Waals surface area (Å²) in [4.78, 5) is 13.1. The largest absolute Gasteiger partial charge is 0.497 e. The van der Waals surface area contributed by atoms with Crippen molar-refractivity contribution in [1.82, 2.24) is 0 Å². The van der Waals surface area contributed by atoms with Crippen LogP contribution in [-0.4, -0.2) is 14.2 Å². The summed E-state index contributed by atoms with van der Waals surface area (Å²) in [5.41, 5.74) is 2.38. The molecule has 0 aliphatic heterocycles. The monoisotopic (exact) mass is 344 g/mol. The highest BCUT2D eigenvalue weighted by molar-refractivity contribution is 6.30. The summed E-state index contributed by atoms with van der Waals surface area (Å²) in [6, 6.07) is 14.9. The molecule has 1 heterocycles. The molecule has 0 aliphatic carbocycles. The molecule has 0 aliphatic rings. The first-order chi connectivity index (χ1) is 11.5. The molecule has 0 saturated carbocycles. The molecule has 3 rings (SSSR count). The second-order valence-electron chi connectivity index (χ2n) is 5.89. The van der Waals surface area contributed by atoms with E-state index in [1.807, 2.05) is 36.4 Å². The maximum atomic E-state index is 11.8. The van der Waals surface area contributed by atoms with Gasteiger partial charge in [0.15, 0.2) is 0 Å². The van der Waals surface area contributed by atoms with Crippen molar-refractivity contribution in [3.63, 3.8) is 0 Å². The van der Waals surface area contributed by atoms with E-state index in [0.29, 0.717) is 11.3 Å². The van der Waals surface area contributed by atoms with Gasteiger partial charge in [-0.1, -0.05) is 23.7 Å². The second-order valence-corrected chi connectivity index (χ2v) is 6.33. The standard InChI is InChI=1S/C19H18ClNO3/c1-21(11-13-3-5-15(20)6-4-13)12-14-9-19(22)24-18-10-16(23-2)7-8-17(14)18/h3-10H,11-12H2,1-2H3/p+1. The molecule has 1 atom stereocenters. The lowest BCUT2D eigenvalue weighted by atomic mass is 10.1. The molecule has 0 radical (unpaired) electrons. The molecule has 1 aromatic heterocycles. The van der Waals surface area contributed by atoms with Crippen molar-refractivity contribution < 1.29 is 14.1 Å². The molecule has 24 heavy (non-hydrogen) atoms. The number of hydrogen-bond donors (Lipinski definition) is 1. The Morgan fingerprint density at radius 1 is 1.08 bits per heavy atom. The minimum absolute atomic E-state index is 0.343. The Hall–Kier alpha value is -2.30. The fourth-order valence-electron chi connectivity index (χ4n) is 2.82. The van der Waals surface area contributed by atoms with E-state index in [1.54, 1.807) is 19.2 Å². The van der Waals surface area contributed by atoms with Gasteiger partial charge >= 0.3 is 5.63 Å². The molecule has 1 unspecified atom stereocenters. The zero-order chi connectivity index (χ0) is 17.1. The SMILES string of the molecule is COc1ccc2c(C[NH+](C)Cc3ccc(Cl)cc3)cc(=O)oc2c1. The Morgan fingerprint density at radius 3 is 2.54 bits per heavy atom. The van der Waals surface area contributed by atoms with Crippen molar-refractivity contribution in [1.29, 1.82) is 0 Å². The molecule has 0 spiro atoms. The Balaban J connectivity index is 1.86. The third-order valence-electron chi connectivity index (χ3n) is 3.95. The first-order valence-electron chi connectivity index (χ1n) is 7.71. The Morgan fingerprint density at radius 2 is 1.83 bits per heavy atom. The van der Waals surface area contributed by atoms with Crippen LogP contribution >= 0.6 is 11.6 Å². The van der Waals surface area contributed by atoms with E-state index in [0.717, 1.165) is 29.1 Å². The van der Waals surface area contributed by atoms with E-state index in [4.69, 9.17) is 20.8 Å². The van der Waals surface area contributed by atoms with E-state index >= 15 is 0 Å². The fourth-order valence-corrected chi connectivity index (χ4v) is 2.95. The average molecular weight is 345 g/mol. The predicted octanol–water partition coefficient (Wildman–Crippen LogP) is 2.67. The number of quaternary nitrogens is 1. The highest BCUT2D eigenvalue weighted by Gasteiger charge is 2.12. The molecule has 4 nitrogen and oxygen atoms in total. The van der Waals surface area contributed by atoms with Crippen LogP contribution in [0.25, 0.3) is 11.0 Å². The number of rotatable bonds is 5. The number of fused-ring (bicyclic) bond motifs is 1. The van der Waals surface area contributed by atoms with Crippen LogP contribution in [0, 0.1) is 0 Å². The molecular formula is C19H19ClNO3+. The summed E-state index contributed by atoms with van der Waals surface area (Å²) in [7, 11) is 3.69. The third-order valence-corrected chi connectivity index (χ3v) is 4.20. The molecule has 1 N–H and O–H groups in total. The van der Waals surface area contributed by atoms with E-state index in [2.05, 4.69) is 7.05 Å². The molecule has 0 fully saturated rings. The minimum atomic E-state index is -0.343. The smallest absolute Gasteiger partial charge is 0.336 e. The fraction of sp³-hybridized carbons (Fsp3) is 0.211. The maximum Gasteiger partial charge on any atom is 0.336 e. The van der Waals surface area contributed by atoms with Crippen LogP contribution in [0.15, 0.2) is 57.7 Å². The van der Waals surface area contributed by atoms with E-state index in [9.17, 15) is 4.79 Å². The predicted molar refractivity (Wildman–Crippen MR) is 94.8 cm³/mol. The van der Waals surface area contributed by atoms with Crippen LogP contribution in [0.4, 0.5) is 0 Å². The first-order valence-corrected chi connectivity index (χ1v) is 8.09. The lowest BCUT2D eigenvalue weighted by Gasteiger charge is -2.15. The molecule has 2 aromatic carbocycles. The molecule has 0 amide bonds. The number of nitrogens with one attached hydrogen (secondary N) is 1. The van der Waals surface area contributed by atoms with Gasteiger partial charge in [-0.2, -0.15) is 0 Å². The number of methoxy groups -OCH3 is 1. The van der Waals surface area contributed by atoms with Gasteiger partial charge in [0.2, 0.25) is 0 Å². The van der Waals surface area contributed by atoms with Crippen molar-refractivity contribution >= 4 is 22.6 Å². The third kappa shape index (κ3) is 3.78. The lowest BCUT2D eigenvalue weighted by Crippen LogP contribution is -3.06. The molecule has 5 heteroatoms. The van der Waals surface area contributed by atoms with Gasteiger partial charge in [-0.3, -0.25) is 0 Å². The van der Waals surface area contributed by atoms with Crippen molar-refractivity contribution in [2.24, 2.45) is 0 Å². The zero-order valence-corrected chi connectivity index (χ0v) is 14.4. The van der Waals surface area contributed by atoms with Crippen LogP contribution in [0.3, 0.4) is 0 Å². The van der Waals surface area contributed by atoms with Crippen LogP contribution in [0.2, 0.25) is 5.02 Å². The summed E-state index contributed by atoms with van der Waals surface area (Å²) >= 11 is 5.92. The first kappa shape index (κ1) is 16.6. The van der Waals surface area contributed by atoms with E-state index in [-0.39, 0.29) is 5.63 Å². The maximum absolute atomic E-state index is 11.8. The van der Waals surface area contributed by atoms with Gasteiger partial charge in [0.05, 0.1) is 14.2 Å². The van der Waals surface area contributed by atoms with Crippen LogP contribution in [0.5, 0.6) is 5.75 Å². The average Bonchev–Trinajstić information content (AvgIpc) is 2.56. The number of ether oxygens (including phenoxy) is 1. The van der Waals surface area contributed by atoms with Crippen LogP contribution in [-0.2, 0) is 13.1 Å². The van der Waals surface area contributed by atoms with Gasteiger partial charge in [-0.15, -0.1) is 0 Å². The topological polar surface area (TPSA) is 43.9 Å². The van der Waals surface area contributed by atoms with Gasteiger partial charge in [0.25, 0.3) is 0 Å². The highest BCUT2D eigenvalue weighted by Crippen LogP contribution is 2.22. The van der Waals surface area contributed by atoms with Gasteiger partial charge < -0.3 is 14.1 Å². The van der Waals surface area contributed by atoms with E-state index < -0.39 is 0 Å². The van der Waals surface area contributed by atoms with Crippen LogP contribution in [0.1, 0.15) is 11.1 Å². The zero-order valence-electron chi connectivity index (χ0n) is 13.6. The number of halogens is 1. The summed E-state index contributed by atoms with van der Waals surface area (Å²) in [5.74, 6) is 0.671. The normalized spacial score (nSPS) is 12.3.